The molecule has 4 N–H and O–H groups in total. The number of carbonyl (C=O) groups excluding carboxylic acids is 3. The third kappa shape index (κ3) is 24.6. The van der Waals surface area contributed by atoms with Crippen molar-refractivity contribution in [1.82, 2.24) is 0 Å². The lowest BCUT2D eigenvalue weighted by atomic mass is 10.1. The summed E-state index contributed by atoms with van der Waals surface area (Å²) >= 11 is 0. The molecule has 152 valence electrons. The van der Waals surface area contributed by atoms with E-state index in [4.69, 9.17) is 24.6 Å². The number of aliphatic carboxylic acids is 2. The van der Waals surface area contributed by atoms with Gasteiger partial charge in [0.15, 0.2) is 0 Å². The quantitative estimate of drug-likeness (QED) is 0.803. The van der Waals surface area contributed by atoms with Crippen molar-refractivity contribution in [2.24, 2.45) is 0 Å². The van der Waals surface area contributed by atoms with Crippen LogP contribution in [-0.2, 0) is 36.8 Å². The third-order valence-electron chi connectivity index (χ3n) is 2.49. The second kappa shape index (κ2) is 19.7. The first-order valence-corrected chi connectivity index (χ1v) is 7.70. The molecular formula is C20H24O8. The van der Waals surface area contributed by atoms with Crippen LogP contribution in [0.15, 0.2) is 60.7 Å². The molecule has 8 nitrogen and oxygen atoms in total. The van der Waals surface area contributed by atoms with E-state index in [0.717, 1.165) is 18.1 Å². The van der Waals surface area contributed by atoms with Gasteiger partial charge in [0.1, 0.15) is 5.78 Å². The van der Waals surface area contributed by atoms with E-state index in [0.29, 0.717) is 6.42 Å². The Morgan fingerprint density at radius 1 is 0.750 bits per heavy atom. The van der Waals surface area contributed by atoms with Crippen LogP contribution in [0, 0.1) is 0 Å². The molecule has 0 amide bonds. The van der Waals surface area contributed by atoms with Crippen molar-refractivity contribution in [2.45, 2.75) is 26.7 Å². The number of carbonyl (C=O) groups is 3. The van der Waals surface area contributed by atoms with Crippen molar-refractivity contribution >= 4 is 23.9 Å². The van der Waals surface area contributed by atoms with Crippen molar-refractivity contribution in [1.29, 1.82) is 0 Å². The van der Waals surface area contributed by atoms with E-state index in [1.807, 2.05) is 48.5 Å². The van der Waals surface area contributed by atoms with E-state index >= 15 is 0 Å². The fraction of sp³-hybridized carbons (Fsp3) is 0.200. The molecular weight excluding hydrogens is 368 g/mol. The smallest absolute Gasteiger partial charge is 0.373 e. The maximum Gasteiger partial charge on any atom is 0.373 e. The Kier molecular flexibility index (Phi) is 20.5. The summed E-state index contributed by atoms with van der Waals surface area (Å²) in [5.74, 6) is -1.41. The van der Waals surface area contributed by atoms with Gasteiger partial charge in [-0.25, -0.2) is 0 Å². The zero-order chi connectivity index (χ0) is 21.1. The van der Waals surface area contributed by atoms with Crippen LogP contribution in [-0.4, -0.2) is 39.6 Å². The molecule has 0 aromatic heterocycles. The van der Waals surface area contributed by atoms with Crippen molar-refractivity contribution in [3.63, 3.8) is 0 Å². The molecule has 0 unspecified atom stereocenters. The molecule has 0 aliphatic carbocycles. The van der Waals surface area contributed by atoms with Gasteiger partial charge in [0.25, 0.3) is 5.97 Å². The highest BCUT2D eigenvalue weighted by Crippen LogP contribution is 1.99. The van der Waals surface area contributed by atoms with Crippen molar-refractivity contribution in [3.8, 4) is 0 Å². The molecule has 0 saturated carbocycles. The van der Waals surface area contributed by atoms with Crippen LogP contribution in [0.4, 0.5) is 0 Å². The first kappa shape index (κ1) is 29.2. The average Bonchev–Trinajstić information content (AvgIpc) is 2.56. The summed E-state index contributed by atoms with van der Waals surface area (Å²) in [6, 6.07) is 18.9. The van der Waals surface area contributed by atoms with Gasteiger partial charge in [0.2, 0.25) is 0 Å². The van der Waals surface area contributed by atoms with Gasteiger partial charge in [0.05, 0.1) is 6.42 Å². The van der Waals surface area contributed by atoms with Crippen molar-refractivity contribution in [2.75, 3.05) is 0 Å². The van der Waals surface area contributed by atoms with E-state index in [2.05, 4.69) is 0 Å². The van der Waals surface area contributed by atoms with Crippen LogP contribution in [0.25, 0.3) is 0 Å². The number of carboxylic acid groups (broad SMARTS) is 2. The number of Topliss-reactive ketones (excluding diaryl/α,β-unsaturated/α-hetero) is 1. The van der Waals surface area contributed by atoms with Crippen LogP contribution in [0.3, 0.4) is 0 Å². The van der Waals surface area contributed by atoms with Gasteiger partial charge in [-0.05, 0) is 18.1 Å². The SMILES string of the molecule is CC(=O)Cc1ccccc1.CC(=O)O.O.O=C(O)Cc1ccccc1.O=C=O. The summed E-state index contributed by atoms with van der Waals surface area (Å²) in [5, 5.41) is 15.8. The predicted molar refractivity (Wildman–Crippen MR) is 101 cm³/mol. The third-order valence-corrected chi connectivity index (χ3v) is 2.49. The van der Waals surface area contributed by atoms with Gasteiger partial charge in [-0.2, -0.15) is 9.59 Å². The van der Waals surface area contributed by atoms with Gasteiger partial charge >= 0.3 is 12.1 Å². The number of ketones is 1. The summed E-state index contributed by atoms with van der Waals surface area (Å²) in [6.07, 6.45) is 0.918. The average molecular weight is 392 g/mol. The van der Waals surface area contributed by atoms with Gasteiger partial charge in [-0.15, -0.1) is 0 Å². The number of hydrogen-bond donors (Lipinski definition) is 2. The molecule has 0 fully saturated rings. The second-order valence-corrected chi connectivity index (χ2v) is 5.02. The Bertz CT molecular complexity index is 650. The number of rotatable bonds is 4. The van der Waals surface area contributed by atoms with Crippen LogP contribution in [0.1, 0.15) is 25.0 Å². The fourth-order valence-corrected chi connectivity index (χ4v) is 1.65. The van der Waals surface area contributed by atoms with Crippen molar-refractivity contribution < 1.29 is 39.7 Å². The van der Waals surface area contributed by atoms with Gasteiger partial charge in [0, 0.05) is 13.3 Å². The molecule has 0 saturated heterocycles. The largest absolute Gasteiger partial charge is 0.481 e. The minimum Gasteiger partial charge on any atom is -0.481 e. The molecule has 2 rings (SSSR count). The molecule has 0 spiro atoms. The molecule has 2 aromatic rings. The van der Waals surface area contributed by atoms with Crippen LogP contribution < -0.4 is 0 Å². The second-order valence-electron chi connectivity index (χ2n) is 5.02. The summed E-state index contributed by atoms with van der Waals surface area (Å²) in [5.41, 5.74) is 1.94. The lowest BCUT2D eigenvalue weighted by Crippen LogP contribution is -1.98. The van der Waals surface area contributed by atoms with E-state index in [1.54, 1.807) is 19.1 Å². The summed E-state index contributed by atoms with van der Waals surface area (Å²) in [6.45, 7) is 2.69. The summed E-state index contributed by atoms with van der Waals surface area (Å²) in [7, 11) is 0. The first-order valence-electron chi connectivity index (χ1n) is 7.70. The highest BCUT2D eigenvalue weighted by atomic mass is 16.4. The van der Waals surface area contributed by atoms with Gasteiger partial charge in [-0.3, -0.25) is 14.4 Å². The van der Waals surface area contributed by atoms with Crippen LogP contribution in [0.5, 0.6) is 0 Å². The van der Waals surface area contributed by atoms with E-state index in [1.165, 1.54) is 0 Å². The standard InChI is InChI=1S/C9H10O.C8H8O2.C2H4O2.CO2.H2O/c1-8(10)7-9-5-3-2-4-6-9;9-8(10)6-7-4-2-1-3-5-7;1-2(3)4;2-1-3;/h2-6H,7H2,1H3;1-5H,6H2,(H,9,10);1H3,(H,3,4);;1H2. The lowest BCUT2D eigenvalue weighted by molar-refractivity contribution is -0.191. The Balaban J connectivity index is -0.000000329. The monoisotopic (exact) mass is 392 g/mol. The lowest BCUT2D eigenvalue weighted by Gasteiger charge is -1.93. The van der Waals surface area contributed by atoms with Gasteiger partial charge < -0.3 is 15.7 Å². The molecule has 28 heavy (non-hydrogen) atoms. The summed E-state index contributed by atoms with van der Waals surface area (Å²) < 4.78 is 0. The predicted octanol–water partition coefficient (Wildman–Crippen LogP) is 1.81. The van der Waals surface area contributed by atoms with E-state index in [9.17, 15) is 9.59 Å². The topological polar surface area (TPSA) is 157 Å². The Morgan fingerprint density at radius 3 is 1.29 bits per heavy atom. The van der Waals surface area contributed by atoms with Crippen LogP contribution >= 0.6 is 0 Å². The normalized spacial score (nSPS) is 7.79. The van der Waals surface area contributed by atoms with Gasteiger partial charge in [-0.1, -0.05) is 60.7 Å². The molecule has 0 aliphatic heterocycles. The summed E-state index contributed by atoms with van der Waals surface area (Å²) in [4.78, 5) is 46.0. The maximum absolute atomic E-state index is 10.6. The number of carboxylic acids is 2. The zero-order valence-electron chi connectivity index (χ0n) is 15.6. The number of hydrogen-bond acceptors (Lipinski definition) is 5. The minimum absolute atomic E-state index is 0. The molecule has 0 bridgehead atoms. The first-order chi connectivity index (χ1) is 12.7. The van der Waals surface area contributed by atoms with E-state index < -0.39 is 11.9 Å². The zero-order valence-corrected chi connectivity index (χ0v) is 15.6. The molecule has 0 aliphatic rings. The minimum atomic E-state index is -0.833. The Hall–Kier alpha value is -3.61. The molecule has 0 atom stereocenters. The molecule has 2 aromatic carbocycles. The van der Waals surface area contributed by atoms with Crippen molar-refractivity contribution in [3.05, 3.63) is 71.8 Å². The highest BCUT2D eigenvalue weighted by molar-refractivity contribution is 5.78. The Labute approximate surface area is 162 Å². The molecule has 0 radical (unpaired) electrons. The van der Waals surface area contributed by atoms with E-state index in [-0.39, 0.29) is 23.8 Å². The maximum atomic E-state index is 10.6. The van der Waals surface area contributed by atoms with Crippen LogP contribution in [0.2, 0.25) is 0 Å². The fourth-order valence-electron chi connectivity index (χ4n) is 1.65. The Morgan fingerprint density at radius 2 is 1.04 bits per heavy atom. The molecule has 8 heteroatoms. The highest BCUT2D eigenvalue weighted by Gasteiger charge is 1.96. The molecule has 0 heterocycles. The number of benzene rings is 2.